The van der Waals surface area contributed by atoms with Crippen LogP contribution >= 0.6 is 11.8 Å². The van der Waals surface area contributed by atoms with E-state index in [4.69, 9.17) is 5.73 Å². The number of carbonyl (C=O) groups excluding carboxylic acids is 1. The fraction of sp³-hybridized carbons (Fsp3) is 0.600. The minimum absolute atomic E-state index is 0.167. The number of hydrogen-bond donors (Lipinski definition) is 2. The predicted octanol–water partition coefficient (Wildman–Crippen LogP) is 2.91. The lowest BCUT2D eigenvalue weighted by Gasteiger charge is -2.17. The van der Waals surface area contributed by atoms with Gasteiger partial charge in [0.1, 0.15) is 5.82 Å². The van der Waals surface area contributed by atoms with Crippen LogP contribution in [0.2, 0.25) is 0 Å². The number of rotatable bonds is 7. The van der Waals surface area contributed by atoms with Crippen LogP contribution in [0.5, 0.6) is 0 Å². The molecule has 1 heterocycles. The molecular weight excluding hydrogens is 270 g/mol. The number of carbonyl (C=O) groups is 1. The summed E-state index contributed by atoms with van der Waals surface area (Å²) in [6.07, 6.45) is 3.50. The molecule has 0 spiro atoms. The smallest absolute Gasteiger partial charge is 0.242 e. The standard InChI is InChI=1S/C15H25N3OS/c1-15(2,3)8-11-20-10-7-12(16)14(19)18-13-6-4-5-9-17-13/h4-6,9,12H,7-8,10-11,16H2,1-3H3,(H,17,18,19). The number of anilines is 1. The van der Waals surface area contributed by atoms with Gasteiger partial charge in [-0.2, -0.15) is 11.8 Å². The quantitative estimate of drug-likeness (QED) is 0.759. The van der Waals surface area contributed by atoms with Crippen molar-refractivity contribution in [3.8, 4) is 0 Å². The zero-order valence-electron chi connectivity index (χ0n) is 12.6. The van der Waals surface area contributed by atoms with E-state index in [0.29, 0.717) is 17.7 Å². The van der Waals surface area contributed by atoms with Gasteiger partial charge in [-0.1, -0.05) is 26.8 Å². The first kappa shape index (κ1) is 17.0. The van der Waals surface area contributed by atoms with E-state index < -0.39 is 6.04 Å². The molecule has 4 nitrogen and oxygen atoms in total. The monoisotopic (exact) mass is 295 g/mol. The largest absolute Gasteiger partial charge is 0.320 e. The van der Waals surface area contributed by atoms with E-state index in [2.05, 4.69) is 31.1 Å². The molecule has 0 bridgehead atoms. The van der Waals surface area contributed by atoms with Crippen LogP contribution in [0.15, 0.2) is 24.4 Å². The predicted molar refractivity (Wildman–Crippen MR) is 86.9 cm³/mol. The van der Waals surface area contributed by atoms with E-state index in [-0.39, 0.29) is 5.91 Å². The molecule has 5 heteroatoms. The molecule has 1 amide bonds. The van der Waals surface area contributed by atoms with Crippen molar-refractivity contribution in [2.45, 2.75) is 39.7 Å². The number of pyridine rings is 1. The highest BCUT2D eigenvalue weighted by molar-refractivity contribution is 7.99. The van der Waals surface area contributed by atoms with E-state index >= 15 is 0 Å². The molecule has 1 rings (SSSR count). The number of aromatic nitrogens is 1. The van der Waals surface area contributed by atoms with Gasteiger partial charge in [-0.25, -0.2) is 4.98 Å². The summed E-state index contributed by atoms with van der Waals surface area (Å²) in [7, 11) is 0. The lowest BCUT2D eigenvalue weighted by molar-refractivity contribution is -0.117. The fourth-order valence-electron chi connectivity index (χ4n) is 1.48. The molecule has 3 N–H and O–H groups in total. The molecule has 1 aromatic rings. The molecule has 1 atom stereocenters. The third-order valence-electron chi connectivity index (χ3n) is 2.82. The van der Waals surface area contributed by atoms with Crippen molar-refractivity contribution in [1.29, 1.82) is 0 Å². The maximum atomic E-state index is 11.9. The molecule has 112 valence electrons. The Bertz CT molecular complexity index is 403. The summed E-state index contributed by atoms with van der Waals surface area (Å²) in [5, 5.41) is 2.72. The zero-order chi connectivity index (χ0) is 15.0. The number of hydrogen-bond acceptors (Lipinski definition) is 4. The highest BCUT2D eigenvalue weighted by atomic mass is 32.2. The zero-order valence-corrected chi connectivity index (χ0v) is 13.4. The van der Waals surface area contributed by atoms with Crippen LogP contribution in [-0.2, 0) is 4.79 Å². The Morgan fingerprint density at radius 2 is 2.15 bits per heavy atom. The van der Waals surface area contributed by atoms with Gasteiger partial charge in [0.25, 0.3) is 0 Å². The van der Waals surface area contributed by atoms with Crippen LogP contribution in [0.25, 0.3) is 0 Å². The Labute approximate surface area is 125 Å². The summed E-state index contributed by atoms with van der Waals surface area (Å²) in [5.41, 5.74) is 6.25. The third kappa shape index (κ3) is 7.50. The van der Waals surface area contributed by atoms with Gasteiger partial charge in [-0.3, -0.25) is 4.79 Å². The molecule has 1 unspecified atom stereocenters. The minimum atomic E-state index is -0.473. The molecule has 1 aromatic heterocycles. The minimum Gasteiger partial charge on any atom is -0.320 e. The summed E-state index contributed by atoms with van der Waals surface area (Å²) < 4.78 is 0. The normalized spacial score (nSPS) is 13.0. The molecule has 20 heavy (non-hydrogen) atoms. The maximum Gasteiger partial charge on any atom is 0.242 e. The van der Waals surface area contributed by atoms with Crippen LogP contribution in [0, 0.1) is 5.41 Å². The first-order valence-corrected chi connectivity index (χ1v) is 8.09. The van der Waals surface area contributed by atoms with E-state index in [9.17, 15) is 4.79 Å². The van der Waals surface area contributed by atoms with E-state index in [1.165, 1.54) is 6.42 Å². The third-order valence-corrected chi connectivity index (χ3v) is 3.84. The van der Waals surface area contributed by atoms with Gasteiger partial charge in [-0.05, 0) is 41.9 Å². The first-order valence-electron chi connectivity index (χ1n) is 6.94. The summed E-state index contributed by atoms with van der Waals surface area (Å²) in [6.45, 7) is 6.71. The number of nitrogens with one attached hydrogen (secondary N) is 1. The molecule has 0 aliphatic heterocycles. The number of amides is 1. The topological polar surface area (TPSA) is 68.0 Å². The highest BCUT2D eigenvalue weighted by Gasteiger charge is 2.14. The summed E-state index contributed by atoms with van der Waals surface area (Å²) >= 11 is 1.86. The molecule has 0 fully saturated rings. The second-order valence-electron chi connectivity index (χ2n) is 6.02. The average Bonchev–Trinajstić information content (AvgIpc) is 2.38. The van der Waals surface area contributed by atoms with Gasteiger partial charge >= 0.3 is 0 Å². The van der Waals surface area contributed by atoms with Gasteiger partial charge in [0.15, 0.2) is 0 Å². The van der Waals surface area contributed by atoms with Gasteiger partial charge in [0, 0.05) is 6.20 Å². The molecule has 0 aliphatic rings. The molecule has 0 radical (unpaired) electrons. The van der Waals surface area contributed by atoms with Gasteiger partial charge in [-0.15, -0.1) is 0 Å². The van der Waals surface area contributed by atoms with E-state index in [0.717, 1.165) is 11.5 Å². The van der Waals surface area contributed by atoms with Crippen LogP contribution < -0.4 is 11.1 Å². The van der Waals surface area contributed by atoms with Crippen LogP contribution in [0.3, 0.4) is 0 Å². The van der Waals surface area contributed by atoms with Crippen LogP contribution in [-0.4, -0.2) is 28.4 Å². The van der Waals surface area contributed by atoms with Crippen molar-refractivity contribution in [1.82, 2.24) is 4.98 Å². The van der Waals surface area contributed by atoms with Gasteiger partial charge < -0.3 is 11.1 Å². The van der Waals surface area contributed by atoms with Crippen molar-refractivity contribution in [2.75, 3.05) is 16.8 Å². The van der Waals surface area contributed by atoms with Gasteiger partial charge in [0.05, 0.1) is 6.04 Å². The summed E-state index contributed by atoms with van der Waals surface area (Å²) in [6, 6.07) is 4.92. The number of nitrogens with zero attached hydrogens (tertiary/aromatic N) is 1. The SMILES string of the molecule is CC(C)(C)CCSCCC(N)C(=O)Nc1ccccn1. The van der Waals surface area contributed by atoms with Crippen LogP contribution in [0.4, 0.5) is 5.82 Å². The molecule has 0 aromatic carbocycles. The second-order valence-corrected chi connectivity index (χ2v) is 7.25. The Morgan fingerprint density at radius 1 is 1.40 bits per heavy atom. The highest BCUT2D eigenvalue weighted by Crippen LogP contribution is 2.21. The lowest BCUT2D eigenvalue weighted by Crippen LogP contribution is -2.36. The second kappa shape index (κ2) is 8.27. The summed E-state index contributed by atoms with van der Waals surface area (Å²) in [5.74, 6) is 2.40. The average molecular weight is 295 g/mol. The number of thioether (sulfide) groups is 1. The van der Waals surface area contributed by atoms with Crippen molar-refractivity contribution >= 4 is 23.5 Å². The van der Waals surface area contributed by atoms with E-state index in [1.807, 2.05) is 17.8 Å². The Balaban J connectivity index is 2.19. The van der Waals surface area contributed by atoms with E-state index in [1.54, 1.807) is 18.3 Å². The Kier molecular flexibility index (Phi) is 7.02. The van der Waals surface area contributed by atoms with Crippen LogP contribution in [0.1, 0.15) is 33.6 Å². The van der Waals surface area contributed by atoms with Crippen molar-refractivity contribution in [3.05, 3.63) is 24.4 Å². The Hall–Kier alpha value is -1.07. The molecule has 0 saturated carbocycles. The molecular formula is C15H25N3OS. The Morgan fingerprint density at radius 3 is 2.75 bits per heavy atom. The number of nitrogens with two attached hydrogens (primary N) is 1. The fourth-order valence-corrected chi connectivity index (χ4v) is 2.86. The van der Waals surface area contributed by atoms with Crippen molar-refractivity contribution < 1.29 is 4.79 Å². The first-order chi connectivity index (χ1) is 9.38. The molecule has 0 aliphatic carbocycles. The maximum absolute atomic E-state index is 11.9. The van der Waals surface area contributed by atoms with Gasteiger partial charge in [0.2, 0.25) is 5.91 Å². The van der Waals surface area contributed by atoms with Crippen molar-refractivity contribution in [3.63, 3.8) is 0 Å². The summed E-state index contributed by atoms with van der Waals surface area (Å²) in [4.78, 5) is 15.9. The van der Waals surface area contributed by atoms with Crippen molar-refractivity contribution in [2.24, 2.45) is 11.1 Å². The molecule has 0 saturated heterocycles. The lowest BCUT2D eigenvalue weighted by atomic mass is 9.94.